The van der Waals surface area contributed by atoms with Crippen molar-refractivity contribution >= 4 is 46.3 Å². The molecule has 8 nitrogen and oxygen atoms in total. The van der Waals surface area contributed by atoms with E-state index in [1.807, 2.05) is 57.2 Å². The first-order valence-electron chi connectivity index (χ1n) is 13.4. The van der Waals surface area contributed by atoms with Gasteiger partial charge in [-0.25, -0.2) is 9.78 Å². The smallest absolute Gasteiger partial charge is 0.410 e. The summed E-state index contributed by atoms with van der Waals surface area (Å²) in [4.78, 5) is 24.0. The molecule has 1 aliphatic rings. The van der Waals surface area contributed by atoms with Crippen LogP contribution in [0.25, 0.3) is 22.3 Å². The number of phenolic OH excluding ortho intramolecular Hbond substituents is 1. The van der Waals surface area contributed by atoms with Gasteiger partial charge in [0.15, 0.2) is 0 Å². The van der Waals surface area contributed by atoms with Crippen molar-refractivity contribution in [3.05, 3.63) is 70.3 Å². The molecule has 0 unspecified atom stereocenters. The summed E-state index contributed by atoms with van der Waals surface area (Å²) in [5.41, 5.74) is 2.79. The molecular weight excluding hydrogens is 549 g/mol. The maximum Gasteiger partial charge on any atom is 0.410 e. The van der Waals surface area contributed by atoms with Gasteiger partial charge in [0, 0.05) is 43.3 Å². The van der Waals surface area contributed by atoms with Crippen molar-refractivity contribution in [1.82, 2.24) is 19.4 Å². The Balaban J connectivity index is 1.48. The zero-order valence-corrected chi connectivity index (χ0v) is 24.3. The first-order chi connectivity index (χ1) is 19.1. The van der Waals surface area contributed by atoms with Gasteiger partial charge in [0.2, 0.25) is 5.95 Å². The van der Waals surface area contributed by atoms with Crippen LogP contribution in [0, 0.1) is 5.92 Å². The predicted octanol–water partition coefficient (Wildman–Crippen LogP) is 7.37. The predicted molar refractivity (Wildman–Crippen MR) is 159 cm³/mol. The third-order valence-electron chi connectivity index (χ3n) is 6.85. The highest BCUT2D eigenvalue weighted by atomic mass is 35.5. The normalized spacial score (nSPS) is 15.8. The molecule has 2 aromatic carbocycles. The molecule has 1 amide bonds. The van der Waals surface area contributed by atoms with Crippen molar-refractivity contribution in [2.24, 2.45) is 5.92 Å². The average Bonchev–Trinajstić information content (AvgIpc) is 3.24. The first kappa shape index (κ1) is 28.1. The van der Waals surface area contributed by atoms with Crippen LogP contribution < -0.4 is 5.32 Å². The van der Waals surface area contributed by atoms with Gasteiger partial charge in [0.1, 0.15) is 17.0 Å². The number of aromatic hydroxyl groups is 1. The van der Waals surface area contributed by atoms with Crippen molar-refractivity contribution in [3.63, 3.8) is 0 Å². The Morgan fingerprint density at radius 2 is 1.88 bits per heavy atom. The number of ether oxygens (including phenoxy) is 1. The summed E-state index contributed by atoms with van der Waals surface area (Å²) in [7, 11) is 0. The van der Waals surface area contributed by atoms with Crippen LogP contribution >= 0.6 is 23.2 Å². The molecule has 0 radical (unpaired) electrons. The van der Waals surface area contributed by atoms with Crippen molar-refractivity contribution in [2.45, 2.75) is 52.3 Å². The zero-order chi connectivity index (χ0) is 28.4. The number of likely N-dealkylation sites (tertiary alicyclic amines) is 1. The number of nitrogens with zero attached hydrogens (tertiary/aromatic N) is 4. The Labute approximate surface area is 243 Å². The number of piperidine rings is 1. The molecule has 0 bridgehead atoms. The molecule has 5 rings (SSSR count). The van der Waals surface area contributed by atoms with Gasteiger partial charge in [-0.3, -0.25) is 0 Å². The minimum atomic E-state index is -0.547. The summed E-state index contributed by atoms with van der Waals surface area (Å²) >= 11 is 13.3. The van der Waals surface area contributed by atoms with Gasteiger partial charge in [-0.15, -0.1) is 0 Å². The molecule has 1 saturated heterocycles. The van der Waals surface area contributed by atoms with Gasteiger partial charge < -0.3 is 24.6 Å². The standard InChI is InChI=1S/C30H33Cl2N5O3/c1-30(2,3)40-29(39)36-13-5-6-20(17-36)18-37-25(26-23(31)7-4-8-24(26)32)14-21-16-34-28(35-27(21)37)33-15-19-9-11-22(38)12-10-19/h4,7-12,14,16,20,38H,5-6,13,15,17-18H2,1-3H3,(H,33,34,35)/t20-/m1/s1. The molecule has 0 saturated carbocycles. The lowest BCUT2D eigenvalue weighted by Gasteiger charge is -2.34. The second-order valence-electron chi connectivity index (χ2n) is 11.2. The van der Waals surface area contributed by atoms with Gasteiger partial charge in [-0.2, -0.15) is 4.98 Å². The largest absolute Gasteiger partial charge is 0.508 e. The van der Waals surface area contributed by atoms with Crippen LogP contribution in [0.15, 0.2) is 54.7 Å². The summed E-state index contributed by atoms with van der Waals surface area (Å²) in [5.74, 6) is 0.883. The van der Waals surface area contributed by atoms with Crippen molar-refractivity contribution < 1.29 is 14.6 Å². The second kappa shape index (κ2) is 11.6. The van der Waals surface area contributed by atoms with Crippen LogP contribution in [0.3, 0.4) is 0 Å². The Morgan fingerprint density at radius 1 is 1.15 bits per heavy atom. The summed E-state index contributed by atoms with van der Waals surface area (Å²) in [6.45, 7) is 8.02. The molecule has 1 atom stereocenters. The summed E-state index contributed by atoms with van der Waals surface area (Å²) in [6.07, 6.45) is 3.36. The van der Waals surface area contributed by atoms with E-state index in [1.165, 1.54) is 0 Å². The van der Waals surface area contributed by atoms with Gasteiger partial charge in [0.25, 0.3) is 0 Å². The fourth-order valence-corrected chi connectivity index (χ4v) is 5.61. The minimum Gasteiger partial charge on any atom is -0.508 e. The van der Waals surface area contributed by atoms with E-state index in [2.05, 4.69) is 14.9 Å². The van der Waals surface area contributed by atoms with E-state index in [9.17, 15) is 9.90 Å². The molecular formula is C30H33Cl2N5O3. The number of amides is 1. The molecule has 2 aromatic heterocycles. The molecule has 0 aliphatic carbocycles. The lowest BCUT2D eigenvalue weighted by Crippen LogP contribution is -2.43. The van der Waals surface area contributed by atoms with E-state index in [1.54, 1.807) is 23.2 Å². The highest BCUT2D eigenvalue weighted by molar-refractivity contribution is 6.39. The molecule has 4 aromatic rings. The maximum atomic E-state index is 12.8. The Kier molecular flexibility index (Phi) is 8.10. The Hall–Kier alpha value is -3.49. The van der Waals surface area contributed by atoms with Gasteiger partial charge in [-0.05, 0) is 75.4 Å². The second-order valence-corrected chi connectivity index (χ2v) is 12.0. The number of carbonyl (C=O) groups excluding carboxylic acids is 1. The summed E-state index contributed by atoms with van der Waals surface area (Å²) < 4.78 is 7.78. The number of halogens is 2. The number of hydrogen-bond donors (Lipinski definition) is 2. The van der Waals surface area contributed by atoms with Crippen LogP contribution in [0.1, 0.15) is 39.2 Å². The number of hydrogen-bond acceptors (Lipinski definition) is 6. The fraction of sp³-hybridized carbons (Fsp3) is 0.367. The SMILES string of the molecule is CC(C)(C)OC(=O)N1CCC[C@@H](Cn2c(-c3c(Cl)cccc3Cl)cc3cnc(NCc4ccc(O)cc4)nc32)C1. The highest BCUT2D eigenvalue weighted by Gasteiger charge is 2.29. The van der Waals surface area contributed by atoms with Gasteiger partial charge >= 0.3 is 6.09 Å². The monoisotopic (exact) mass is 581 g/mol. The fourth-order valence-electron chi connectivity index (χ4n) is 5.02. The Bertz CT molecular complexity index is 1490. The van der Waals surface area contributed by atoms with E-state index in [0.29, 0.717) is 42.2 Å². The molecule has 0 spiro atoms. The zero-order valence-electron chi connectivity index (χ0n) is 22.8. The average molecular weight is 583 g/mol. The topological polar surface area (TPSA) is 92.5 Å². The Morgan fingerprint density at radius 3 is 2.58 bits per heavy atom. The number of benzene rings is 2. The van der Waals surface area contributed by atoms with Gasteiger partial charge in [0.05, 0.1) is 15.7 Å². The van der Waals surface area contributed by atoms with Gasteiger partial charge in [-0.1, -0.05) is 41.4 Å². The van der Waals surface area contributed by atoms with E-state index < -0.39 is 5.60 Å². The van der Waals surface area contributed by atoms with Crippen LogP contribution in [-0.4, -0.2) is 49.3 Å². The molecule has 210 valence electrons. The van der Waals surface area contributed by atoms with E-state index in [4.69, 9.17) is 32.9 Å². The quantitative estimate of drug-likeness (QED) is 0.247. The number of rotatable bonds is 6. The number of anilines is 1. The number of fused-ring (bicyclic) bond motifs is 1. The van der Waals surface area contributed by atoms with Crippen LogP contribution in [-0.2, 0) is 17.8 Å². The number of carbonyl (C=O) groups is 1. The van der Waals surface area contributed by atoms with Crippen molar-refractivity contribution in [1.29, 1.82) is 0 Å². The molecule has 2 N–H and O–H groups in total. The molecule has 1 fully saturated rings. The molecule has 40 heavy (non-hydrogen) atoms. The van der Waals surface area contributed by atoms with E-state index >= 15 is 0 Å². The van der Waals surface area contributed by atoms with Crippen molar-refractivity contribution in [3.8, 4) is 17.0 Å². The van der Waals surface area contributed by atoms with E-state index in [0.717, 1.165) is 40.7 Å². The summed E-state index contributed by atoms with van der Waals surface area (Å²) in [6, 6.07) is 14.5. The maximum absolute atomic E-state index is 12.8. The molecule has 3 heterocycles. The third kappa shape index (κ3) is 6.45. The minimum absolute atomic E-state index is 0.181. The molecule has 10 heteroatoms. The summed E-state index contributed by atoms with van der Waals surface area (Å²) in [5, 5.41) is 14.8. The van der Waals surface area contributed by atoms with E-state index in [-0.39, 0.29) is 17.8 Å². The van der Waals surface area contributed by atoms with Crippen LogP contribution in [0.4, 0.5) is 10.7 Å². The lowest BCUT2D eigenvalue weighted by atomic mass is 9.98. The first-order valence-corrected chi connectivity index (χ1v) is 14.1. The number of phenols is 1. The highest BCUT2D eigenvalue weighted by Crippen LogP contribution is 2.38. The number of aromatic nitrogens is 3. The van der Waals surface area contributed by atoms with Crippen molar-refractivity contribution in [2.75, 3.05) is 18.4 Å². The van der Waals surface area contributed by atoms with Crippen LogP contribution in [0.5, 0.6) is 5.75 Å². The lowest BCUT2D eigenvalue weighted by molar-refractivity contribution is 0.0158. The third-order valence-corrected chi connectivity index (χ3v) is 7.48. The number of nitrogens with one attached hydrogen (secondary N) is 1. The van der Waals surface area contributed by atoms with Crippen LogP contribution in [0.2, 0.25) is 10.0 Å². The molecule has 1 aliphatic heterocycles.